The van der Waals surface area contributed by atoms with Crippen molar-refractivity contribution in [3.05, 3.63) is 6.33 Å². The molecule has 0 aliphatic heterocycles. The standard InChI is InChI=1S/C14H24N6/c1-6-15-14-18-12-11(16-8-17-12)13(19-14)20(5)10(4)7-9(2)3/h8-10H,6-7H2,1-5H3,(H2,15,16,17,18,19). The third-order valence-electron chi connectivity index (χ3n) is 3.41. The highest BCUT2D eigenvalue weighted by Gasteiger charge is 2.18. The number of aromatic amines is 1. The van der Waals surface area contributed by atoms with E-state index in [0.29, 0.717) is 23.6 Å². The van der Waals surface area contributed by atoms with Gasteiger partial charge in [-0.05, 0) is 26.2 Å². The lowest BCUT2D eigenvalue weighted by atomic mass is 10.0. The molecule has 2 heterocycles. The number of nitrogens with zero attached hydrogens (tertiary/aromatic N) is 4. The van der Waals surface area contributed by atoms with E-state index >= 15 is 0 Å². The molecule has 1 atom stereocenters. The van der Waals surface area contributed by atoms with E-state index in [-0.39, 0.29) is 0 Å². The van der Waals surface area contributed by atoms with E-state index in [1.54, 1.807) is 6.33 Å². The van der Waals surface area contributed by atoms with E-state index in [2.05, 4.69) is 58.0 Å². The zero-order valence-electron chi connectivity index (χ0n) is 12.9. The van der Waals surface area contributed by atoms with Gasteiger partial charge < -0.3 is 15.2 Å². The summed E-state index contributed by atoms with van der Waals surface area (Å²) in [6.45, 7) is 9.51. The molecule has 2 aromatic heterocycles. The van der Waals surface area contributed by atoms with Crippen LogP contribution in [0.4, 0.5) is 11.8 Å². The minimum Gasteiger partial charge on any atom is -0.355 e. The number of nitrogens with one attached hydrogen (secondary N) is 2. The monoisotopic (exact) mass is 276 g/mol. The normalized spacial score (nSPS) is 12.9. The maximum Gasteiger partial charge on any atom is 0.226 e. The number of hydrogen-bond acceptors (Lipinski definition) is 5. The van der Waals surface area contributed by atoms with Gasteiger partial charge in [-0.1, -0.05) is 13.8 Å². The molecule has 6 nitrogen and oxygen atoms in total. The van der Waals surface area contributed by atoms with E-state index < -0.39 is 0 Å². The summed E-state index contributed by atoms with van der Waals surface area (Å²) in [5.41, 5.74) is 1.60. The van der Waals surface area contributed by atoms with Crippen LogP contribution in [0, 0.1) is 5.92 Å². The van der Waals surface area contributed by atoms with Crippen LogP contribution in [0.3, 0.4) is 0 Å². The van der Waals surface area contributed by atoms with Gasteiger partial charge in [-0.3, -0.25) is 0 Å². The number of fused-ring (bicyclic) bond motifs is 1. The summed E-state index contributed by atoms with van der Waals surface area (Å²) in [6.07, 6.45) is 2.78. The first-order valence-electron chi connectivity index (χ1n) is 7.20. The molecule has 0 fully saturated rings. The zero-order valence-corrected chi connectivity index (χ0v) is 12.9. The molecule has 2 aromatic rings. The second kappa shape index (κ2) is 6.07. The van der Waals surface area contributed by atoms with Gasteiger partial charge >= 0.3 is 0 Å². The Labute approximate surface area is 120 Å². The van der Waals surface area contributed by atoms with E-state index in [4.69, 9.17) is 0 Å². The van der Waals surface area contributed by atoms with Gasteiger partial charge in [0.1, 0.15) is 5.52 Å². The first-order chi connectivity index (χ1) is 9.52. The summed E-state index contributed by atoms with van der Waals surface area (Å²) in [6, 6.07) is 0.408. The van der Waals surface area contributed by atoms with Crippen molar-refractivity contribution in [1.29, 1.82) is 0 Å². The smallest absolute Gasteiger partial charge is 0.226 e. The summed E-state index contributed by atoms with van der Waals surface area (Å²) in [4.78, 5) is 18.6. The molecule has 1 unspecified atom stereocenters. The maximum absolute atomic E-state index is 4.62. The summed E-state index contributed by atoms with van der Waals surface area (Å²) < 4.78 is 0. The van der Waals surface area contributed by atoms with E-state index in [1.165, 1.54) is 0 Å². The number of rotatable bonds is 6. The predicted molar refractivity (Wildman–Crippen MR) is 83.2 cm³/mol. The van der Waals surface area contributed by atoms with Crippen LogP contribution in [0.15, 0.2) is 6.33 Å². The molecule has 6 heteroatoms. The van der Waals surface area contributed by atoms with Crippen molar-refractivity contribution >= 4 is 22.9 Å². The third kappa shape index (κ3) is 3.00. The van der Waals surface area contributed by atoms with Crippen LogP contribution in [-0.4, -0.2) is 39.6 Å². The predicted octanol–water partition coefficient (Wildman–Crippen LogP) is 2.66. The van der Waals surface area contributed by atoms with Crippen molar-refractivity contribution in [2.75, 3.05) is 23.8 Å². The molecule has 0 aliphatic carbocycles. The van der Waals surface area contributed by atoms with Gasteiger partial charge in [0.05, 0.1) is 6.33 Å². The molecule has 0 saturated carbocycles. The Morgan fingerprint density at radius 1 is 1.30 bits per heavy atom. The lowest BCUT2D eigenvalue weighted by Crippen LogP contribution is -2.31. The first-order valence-corrected chi connectivity index (χ1v) is 7.20. The Balaban J connectivity index is 2.37. The topological polar surface area (TPSA) is 69.7 Å². The van der Waals surface area contributed by atoms with Crippen LogP contribution in [-0.2, 0) is 0 Å². The molecule has 110 valence electrons. The van der Waals surface area contributed by atoms with Crippen molar-refractivity contribution in [1.82, 2.24) is 19.9 Å². The average molecular weight is 276 g/mol. The Kier molecular flexibility index (Phi) is 4.42. The maximum atomic E-state index is 4.62. The molecule has 0 aromatic carbocycles. The summed E-state index contributed by atoms with van der Waals surface area (Å²) in [5.74, 6) is 2.18. The zero-order chi connectivity index (χ0) is 14.7. The molecule has 20 heavy (non-hydrogen) atoms. The average Bonchev–Trinajstić information content (AvgIpc) is 2.84. The van der Waals surface area contributed by atoms with Gasteiger partial charge in [0.2, 0.25) is 5.95 Å². The van der Waals surface area contributed by atoms with Crippen LogP contribution in [0.5, 0.6) is 0 Å². The van der Waals surface area contributed by atoms with Gasteiger partial charge in [-0.25, -0.2) is 4.98 Å². The molecular formula is C14H24N6. The van der Waals surface area contributed by atoms with Gasteiger partial charge in [0.25, 0.3) is 0 Å². The van der Waals surface area contributed by atoms with Crippen molar-refractivity contribution in [3.8, 4) is 0 Å². The minimum atomic E-state index is 0.408. The number of aromatic nitrogens is 4. The number of H-pyrrole nitrogens is 1. The van der Waals surface area contributed by atoms with Crippen molar-refractivity contribution < 1.29 is 0 Å². The fourth-order valence-electron chi connectivity index (χ4n) is 2.36. The Morgan fingerprint density at radius 2 is 2.05 bits per heavy atom. The second-order valence-electron chi connectivity index (χ2n) is 5.59. The molecule has 0 amide bonds. The molecule has 0 spiro atoms. The number of anilines is 2. The van der Waals surface area contributed by atoms with E-state index in [9.17, 15) is 0 Å². The Hall–Kier alpha value is -1.85. The lowest BCUT2D eigenvalue weighted by Gasteiger charge is -2.27. The van der Waals surface area contributed by atoms with Crippen LogP contribution in [0.2, 0.25) is 0 Å². The minimum absolute atomic E-state index is 0.408. The molecule has 0 bridgehead atoms. The van der Waals surface area contributed by atoms with E-state index in [0.717, 1.165) is 24.3 Å². The van der Waals surface area contributed by atoms with Gasteiger partial charge in [-0.15, -0.1) is 0 Å². The highest BCUT2D eigenvalue weighted by Crippen LogP contribution is 2.24. The Bertz CT molecular complexity index is 562. The lowest BCUT2D eigenvalue weighted by molar-refractivity contribution is 0.502. The summed E-state index contributed by atoms with van der Waals surface area (Å²) in [7, 11) is 2.07. The highest BCUT2D eigenvalue weighted by atomic mass is 15.2. The fraction of sp³-hybridized carbons (Fsp3) is 0.643. The number of imidazole rings is 1. The largest absolute Gasteiger partial charge is 0.355 e. The SMILES string of the molecule is CCNc1nc(N(C)C(C)CC(C)C)c2[nH]cnc2n1. The molecule has 2 rings (SSSR count). The van der Waals surface area contributed by atoms with Crippen molar-refractivity contribution in [3.63, 3.8) is 0 Å². The van der Waals surface area contributed by atoms with Gasteiger partial charge in [0.15, 0.2) is 11.5 Å². The molecular weight excluding hydrogens is 252 g/mol. The van der Waals surface area contributed by atoms with Crippen LogP contribution in [0.25, 0.3) is 11.2 Å². The number of hydrogen-bond donors (Lipinski definition) is 2. The van der Waals surface area contributed by atoms with Crippen molar-refractivity contribution in [2.45, 2.75) is 40.2 Å². The highest BCUT2D eigenvalue weighted by molar-refractivity contribution is 5.84. The third-order valence-corrected chi connectivity index (χ3v) is 3.41. The molecule has 0 saturated heterocycles. The van der Waals surface area contributed by atoms with Crippen molar-refractivity contribution in [2.24, 2.45) is 5.92 Å². The van der Waals surface area contributed by atoms with E-state index in [1.807, 2.05) is 6.92 Å². The van der Waals surface area contributed by atoms with Crippen LogP contribution in [0.1, 0.15) is 34.1 Å². The molecule has 0 radical (unpaired) electrons. The molecule has 0 aliphatic rings. The first kappa shape index (κ1) is 14.6. The second-order valence-corrected chi connectivity index (χ2v) is 5.59. The summed E-state index contributed by atoms with van der Waals surface area (Å²) >= 11 is 0. The van der Waals surface area contributed by atoms with Crippen LogP contribution >= 0.6 is 0 Å². The quantitative estimate of drug-likeness (QED) is 0.849. The summed E-state index contributed by atoms with van der Waals surface area (Å²) in [5, 5.41) is 3.16. The molecule has 2 N–H and O–H groups in total. The Morgan fingerprint density at radius 3 is 2.70 bits per heavy atom. The van der Waals surface area contributed by atoms with Gasteiger partial charge in [-0.2, -0.15) is 9.97 Å². The van der Waals surface area contributed by atoms with Crippen LogP contribution < -0.4 is 10.2 Å². The van der Waals surface area contributed by atoms with Gasteiger partial charge in [0, 0.05) is 19.6 Å². The fourth-order valence-corrected chi connectivity index (χ4v) is 2.36.